The van der Waals surface area contributed by atoms with Crippen LogP contribution in [-0.4, -0.2) is 26.5 Å². The zero-order valence-electron chi connectivity index (χ0n) is 19.4. The molecule has 6 nitrogen and oxygen atoms in total. The van der Waals surface area contributed by atoms with Gasteiger partial charge in [-0.3, -0.25) is 9.59 Å². The molecule has 0 aliphatic rings. The number of carbonyl (C=O) groups is 2. The van der Waals surface area contributed by atoms with Gasteiger partial charge in [0.25, 0.3) is 11.8 Å². The molecule has 0 heterocycles. The fourth-order valence-corrected chi connectivity index (χ4v) is 3.94. The minimum absolute atomic E-state index is 0.0124. The third-order valence-corrected chi connectivity index (χ3v) is 6.38. The summed E-state index contributed by atoms with van der Waals surface area (Å²) < 4.78 is 23.5. The normalized spacial score (nSPS) is 11.7. The number of aryl methyl sites for hydroxylation is 1. The predicted molar refractivity (Wildman–Crippen MR) is 132 cm³/mol. The Labute approximate surface area is 195 Å². The minimum atomic E-state index is -3.41. The van der Waals surface area contributed by atoms with Gasteiger partial charge in [0, 0.05) is 28.8 Å². The quantitative estimate of drug-likeness (QED) is 0.543. The zero-order valence-corrected chi connectivity index (χ0v) is 20.2. The van der Waals surface area contributed by atoms with Crippen molar-refractivity contribution in [2.24, 2.45) is 0 Å². The molecule has 3 aromatic rings. The van der Waals surface area contributed by atoms with Crippen molar-refractivity contribution in [1.29, 1.82) is 0 Å². The lowest BCUT2D eigenvalue weighted by Gasteiger charge is -2.19. The summed E-state index contributed by atoms with van der Waals surface area (Å²) in [6, 6.07) is 18.6. The van der Waals surface area contributed by atoms with Gasteiger partial charge in [-0.05, 0) is 72.0 Å². The molecule has 3 rings (SSSR count). The van der Waals surface area contributed by atoms with Gasteiger partial charge in [-0.25, -0.2) is 8.42 Å². The van der Waals surface area contributed by atoms with Gasteiger partial charge in [-0.2, -0.15) is 0 Å². The summed E-state index contributed by atoms with van der Waals surface area (Å²) in [5.41, 5.74) is 3.89. The van der Waals surface area contributed by atoms with Crippen LogP contribution in [0.15, 0.2) is 71.6 Å². The Morgan fingerprint density at radius 2 is 1.42 bits per heavy atom. The molecule has 33 heavy (non-hydrogen) atoms. The van der Waals surface area contributed by atoms with Crippen molar-refractivity contribution in [2.45, 2.75) is 38.0 Å². The lowest BCUT2D eigenvalue weighted by atomic mass is 9.87. The Hall–Kier alpha value is -3.45. The molecule has 2 N–H and O–H groups in total. The van der Waals surface area contributed by atoms with Gasteiger partial charge in [0.15, 0.2) is 9.84 Å². The molecule has 0 aliphatic heterocycles. The zero-order chi connectivity index (χ0) is 24.4. The van der Waals surface area contributed by atoms with Crippen molar-refractivity contribution >= 4 is 33.0 Å². The monoisotopic (exact) mass is 464 g/mol. The maximum absolute atomic E-state index is 12.6. The molecule has 0 saturated carbocycles. The lowest BCUT2D eigenvalue weighted by Crippen LogP contribution is -2.15. The molecule has 0 saturated heterocycles. The molecule has 3 aromatic carbocycles. The number of sulfone groups is 1. The maximum atomic E-state index is 12.6. The first kappa shape index (κ1) is 24.2. The van der Waals surface area contributed by atoms with Crippen molar-refractivity contribution in [3.05, 3.63) is 89.0 Å². The summed E-state index contributed by atoms with van der Waals surface area (Å²) in [7, 11) is -3.41. The first-order valence-electron chi connectivity index (χ1n) is 10.5. The summed E-state index contributed by atoms with van der Waals surface area (Å²) in [5, 5.41) is 5.67. The van der Waals surface area contributed by atoms with E-state index < -0.39 is 15.7 Å². The Morgan fingerprint density at radius 1 is 0.788 bits per heavy atom. The number of amides is 2. The van der Waals surface area contributed by atoms with E-state index in [0.29, 0.717) is 16.9 Å². The summed E-state index contributed by atoms with van der Waals surface area (Å²) >= 11 is 0. The molecule has 0 unspecified atom stereocenters. The van der Waals surface area contributed by atoms with Crippen molar-refractivity contribution < 1.29 is 18.0 Å². The van der Waals surface area contributed by atoms with Crippen LogP contribution in [0.2, 0.25) is 0 Å². The molecule has 2 amide bonds. The first-order valence-corrected chi connectivity index (χ1v) is 12.4. The van der Waals surface area contributed by atoms with Crippen LogP contribution in [0.25, 0.3) is 0 Å². The molecule has 0 atom stereocenters. The first-order chi connectivity index (χ1) is 15.3. The van der Waals surface area contributed by atoms with Crippen molar-refractivity contribution in [3.8, 4) is 0 Å². The Kier molecular flexibility index (Phi) is 6.74. The van der Waals surface area contributed by atoms with E-state index >= 15 is 0 Å². The molecule has 0 aromatic heterocycles. The molecular weight excluding hydrogens is 436 g/mol. The Bertz CT molecular complexity index is 1300. The standard InChI is InChI=1S/C26H28N2O4S/c1-17-15-21(27-24(29)18-9-11-20(12-10-18)26(2,3)4)13-14-23(17)28-25(30)19-7-6-8-22(16-19)33(5,31)32/h6-16H,1-5H3,(H,27,29)(H,28,30). The highest BCUT2D eigenvalue weighted by Gasteiger charge is 2.15. The van der Waals surface area contributed by atoms with Crippen molar-refractivity contribution in [2.75, 3.05) is 16.9 Å². The summed E-state index contributed by atoms with van der Waals surface area (Å²) in [4.78, 5) is 25.3. The lowest BCUT2D eigenvalue weighted by molar-refractivity contribution is 0.101. The predicted octanol–water partition coefficient (Wildman–Crippen LogP) is 5.20. The molecule has 0 fully saturated rings. The fourth-order valence-electron chi connectivity index (χ4n) is 3.27. The summed E-state index contributed by atoms with van der Waals surface area (Å²) in [6.07, 6.45) is 1.10. The minimum Gasteiger partial charge on any atom is -0.322 e. The van der Waals surface area contributed by atoms with Gasteiger partial charge in [-0.1, -0.05) is 39.0 Å². The van der Waals surface area contributed by atoms with E-state index in [1.807, 2.05) is 31.2 Å². The van der Waals surface area contributed by atoms with Crippen LogP contribution in [0.3, 0.4) is 0 Å². The number of anilines is 2. The van der Waals surface area contributed by atoms with Crippen LogP contribution in [0.4, 0.5) is 11.4 Å². The second-order valence-electron chi connectivity index (χ2n) is 9.07. The maximum Gasteiger partial charge on any atom is 0.255 e. The second-order valence-corrected chi connectivity index (χ2v) is 11.1. The van der Waals surface area contributed by atoms with Gasteiger partial charge in [0.2, 0.25) is 0 Å². The summed E-state index contributed by atoms with van der Waals surface area (Å²) in [5.74, 6) is -0.636. The molecule has 172 valence electrons. The van der Waals surface area contributed by atoms with E-state index in [1.165, 1.54) is 18.2 Å². The van der Waals surface area contributed by atoms with Crippen LogP contribution in [0.1, 0.15) is 52.6 Å². The number of nitrogens with one attached hydrogen (secondary N) is 2. The van der Waals surface area contributed by atoms with Crippen LogP contribution < -0.4 is 10.6 Å². The third kappa shape index (κ3) is 6.08. The smallest absolute Gasteiger partial charge is 0.255 e. The number of hydrogen-bond acceptors (Lipinski definition) is 4. The van der Waals surface area contributed by atoms with Crippen LogP contribution in [0, 0.1) is 6.92 Å². The second kappa shape index (κ2) is 9.19. The Morgan fingerprint density at radius 3 is 2.00 bits per heavy atom. The highest BCUT2D eigenvalue weighted by atomic mass is 32.2. The third-order valence-electron chi connectivity index (χ3n) is 5.27. The molecule has 0 bridgehead atoms. The summed E-state index contributed by atoms with van der Waals surface area (Å²) in [6.45, 7) is 8.17. The number of benzene rings is 3. The Balaban J connectivity index is 1.71. The average Bonchev–Trinajstić information content (AvgIpc) is 2.74. The molecule has 0 aliphatic carbocycles. The molecule has 0 radical (unpaired) electrons. The van der Waals surface area contributed by atoms with Gasteiger partial charge < -0.3 is 10.6 Å². The van der Waals surface area contributed by atoms with Crippen LogP contribution in [0.5, 0.6) is 0 Å². The fraction of sp³-hybridized carbons (Fsp3) is 0.231. The van der Waals surface area contributed by atoms with E-state index in [1.54, 1.807) is 24.3 Å². The van der Waals surface area contributed by atoms with Gasteiger partial charge in [0.1, 0.15) is 0 Å². The largest absolute Gasteiger partial charge is 0.322 e. The van der Waals surface area contributed by atoms with E-state index in [4.69, 9.17) is 0 Å². The highest BCUT2D eigenvalue weighted by Crippen LogP contribution is 2.24. The van der Waals surface area contributed by atoms with Crippen LogP contribution >= 0.6 is 0 Å². The van der Waals surface area contributed by atoms with Gasteiger partial charge >= 0.3 is 0 Å². The number of carbonyl (C=O) groups excluding carboxylic acids is 2. The van der Waals surface area contributed by atoms with Crippen molar-refractivity contribution in [1.82, 2.24) is 0 Å². The van der Waals surface area contributed by atoms with E-state index in [2.05, 4.69) is 31.4 Å². The van der Waals surface area contributed by atoms with Gasteiger partial charge in [-0.15, -0.1) is 0 Å². The average molecular weight is 465 g/mol. The number of rotatable bonds is 5. The number of hydrogen-bond donors (Lipinski definition) is 2. The van der Waals surface area contributed by atoms with E-state index in [-0.39, 0.29) is 21.8 Å². The SMILES string of the molecule is Cc1cc(NC(=O)c2ccc(C(C)(C)C)cc2)ccc1NC(=O)c1cccc(S(C)(=O)=O)c1. The van der Waals surface area contributed by atoms with Crippen LogP contribution in [-0.2, 0) is 15.3 Å². The molecule has 0 spiro atoms. The molecule has 7 heteroatoms. The topological polar surface area (TPSA) is 92.3 Å². The molecular formula is C26H28N2O4S. The highest BCUT2D eigenvalue weighted by molar-refractivity contribution is 7.90. The van der Waals surface area contributed by atoms with Crippen molar-refractivity contribution in [3.63, 3.8) is 0 Å². The van der Waals surface area contributed by atoms with E-state index in [9.17, 15) is 18.0 Å². The van der Waals surface area contributed by atoms with Gasteiger partial charge in [0.05, 0.1) is 4.90 Å². The van der Waals surface area contributed by atoms with E-state index in [0.717, 1.165) is 17.4 Å².